The molecular weight excluding hydrogens is 128 g/mol. The van der Waals surface area contributed by atoms with Crippen molar-refractivity contribution in [3.8, 4) is 0 Å². The van der Waals surface area contributed by atoms with Crippen LogP contribution in [-0.2, 0) is 6.42 Å². The molecule has 0 radical (unpaired) electrons. The van der Waals surface area contributed by atoms with Gasteiger partial charge in [-0.05, 0) is 25.8 Å². The van der Waals surface area contributed by atoms with E-state index in [9.17, 15) is 0 Å². The average Bonchev–Trinajstić information content (AvgIpc) is 2.31. The summed E-state index contributed by atoms with van der Waals surface area (Å²) in [4.78, 5) is 0. The fourth-order valence-corrected chi connectivity index (χ4v) is 0.863. The molecule has 56 valence electrons. The average molecular weight is 140 g/mol. The number of aromatic nitrogens is 2. The molecule has 10 heavy (non-hydrogen) atoms. The molecule has 0 fully saturated rings. The smallest absolute Gasteiger partial charge is 0.0625 e. The summed E-state index contributed by atoms with van der Waals surface area (Å²) in [5.74, 6) is 0. The molecular formula is C7H12N2O. The lowest BCUT2D eigenvalue weighted by Gasteiger charge is -1.89. The first-order valence-electron chi connectivity index (χ1n) is 3.44. The fraction of sp³-hybridized carbons (Fsp3) is 0.571. The molecule has 1 rings (SSSR count). The number of H-pyrrole nitrogens is 1. The summed E-state index contributed by atoms with van der Waals surface area (Å²) in [6.07, 6.45) is 1.66. The highest BCUT2D eigenvalue weighted by atomic mass is 16.2. The molecule has 1 aromatic heterocycles. The summed E-state index contributed by atoms with van der Waals surface area (Å²) in [5, 5.41) is 15.4. The van der Waals surface area contributed by atoms with Gasteiger partial charge in [0.2, 0.25) is 0 Å². The second-order valence-electron chi connectivity index (χ2n) is 2.37. The zero-order chi connectivity index (χ0) is 7.40. The van der Waals surface area contributed by atoms with E-state index >= 15 is 0 Å². The molecule has 0 aliphatic heterocycles. The third kappa shape index (κ3) is 1.84. The zero-order valence-electron chi connectivity index (χ0n) is 6.09. The Morgan fingerprint density at radius 2 is 2.50 bits per heavy atom. The van der Waals surface area contributed by atoms with Gasteiger partial charge >= 0.3 is 0 Å². The van der Waals surface area contributed by atoms with E-state index in [1.54, 1.807) is 0 Å². The minimum absolute atomic E-state index is 0.242. The topological polar surface area (TPSA) is 48.9 Å². The second kappa shape index (κ2) is 3.37. The van der Waals surface area contributed by atoms with Crippen molar-refractivity contribution < 1.29 is 5.11 Å². The molecule has 0 aliphatic rings. The molecule has 0 aromatic carbocycles. The summed E-state index contributed by atoms with van der Waals surface area (Å²) in [7, 11) is 0. The van der Waals surface area contributed by atoms with Gasteiger partial charge in [-0.25, -0.2) is 0 Å². The number of aliphatic hydroxyl groups is 1. The van der Waals surface area contributed by atoms with Crippen LogP contribution in [-0.4, -0.2) is 21.9 Å². The van der Waals surface area contributed by atoms with Crippen molar-refractivity contribution in [3.63, 3.8) is 0 Å². The van der Waals surface area contributed by atoms with Crippen LogP contribution in [0.4, 0.5) is 0 Å². The Labute approximate surface area is 60.1 Å². The number of rotatable bonds is 3. The Hall–Kier alpha value is -0.830. The van der Waals surface area contributed by atoms with Crippen LogP contribution in [0.5, 0.6) is 0 Å². The third-order valence-corrected chi connectivity index (χ3v) is 1.35. The number of nitrogens with zero attached hydrogens (tertiary/aromatic N) is 1. The quantitative estimate of drug-likeness (QED) is 0.647. The van der Waals surface area contributed by atoms with Gasteiger partial charge in [0.25, 0.3) is 0 Å². The van der Waals surface area contributed by atoms with Crippen molar-refractivity contribution in [3.05, 3.63) is 17.5 Å². The summed E-state index contributed by atoms with van der Waals surface area (Å²) < 4.78 is 0. The van der Waals surface area contributed by atoms with Crippen LogP contribution in [0.25, 0.3) is 0 Å². The number of aryl methyl sites for hydroxylation is 2. The first-order chi connectivity index (χ1) is 4.83. The minimum atomic E-state index is 0.242. The van der Waals surface area contributed by atoms with Crippen LogP contribution >= 0.6 is 0 Å². The molecule has 0 atom stereocenters. The second-order valence-corrected chi connectivity index (χ2v) is 2.37. The number of nitrogens with one attached hydrogen (secondary N) is 1. The van der Waals surface area contributed by atoms with E-state index in [0.717, 1.165) is 24.2 Å². The van der Waals surface area contributed by atoms with Crippen molar-refractivity contribution in [2.24, 2.45) is 0 Å². The molecule has 0 bridgehead atoms. The molecule has 1 aromatic rings. The van der Waals surface area contributed by atoms with Gasteiger partial charge < -0.3 is 5.11 Å². The maximum absolute atomic E-state index is 8.50. The van der Waals surface area contributed by atoms with Gasteiger partial charge in [0, 0.05) is 12.3 Å². The van der Waals surface area contributed by atoms with Gasteiger partial charge in [-0.2, -0.15) is 5.10 Å². The molecule has 0 aliphatic carbocycles. The number of hydrogen-bond acceptors (Lipinski definition) is 2. The van der Waals surface area contributed by atoms with E-state index in [2.05, 4.69) is 10.2 Å². The fourth-order valence-electron chi connectivity index (χ4n) is 0.863. The van der Waals surface area contributed by atoms with Gasteiger partial charge in [-0.3, -0.25) is 5.10 Å². The molecule has 0 unspecified atom stereocenters. The predicted octanol–water partition coefficient (Wildman–Crippen LogP) is 0.643. The molecule has 3 nitrogen and oxygen atoms in total. The van der Waals surface area contributed by atoms with Crippen molar-refractivity contribution in [1.82, 2.24) is 10.2 Å². The third-order valence-electron chi connectivity index (χ3n) is 1.35. The van der Waals surface area contributed by atoms with Gasteiger partial charge in [0.15, 0.2) is 0 Å². The van der Waals surface area contributed by atoms with Crippen LogP contribution in [0.1, 0.15) is 17.8 Å². The Balaban J connectivity index is 2.42. The zero-order valence-corrected chi connectivity index (χ0v) is 6.09. The van der Waals surface area contributed by atoms with Crippen molar-refractivity contribution in [1.29, 1.82) is 0 Å². The molecule has 0 amide bonds. The standard InChI is InChI=1S/C7H12N2O/c1-6-5-7(9-8-6)3-2-4-10/h5,10H,2-4H2,1H3,(H,8,9). The number of aliphatic hydroxyl groups excluding tert-OH is 1. The Morgan fingerprint density at radius 1 is 1.70 bits per heavy atom. The van der Waals surface area contributed by atoms with Gasteiger partial charge in [-0.1, -0.05) is 0 Å². The molecule has 2 N–H and O–H groups in total. The molecule has 0 saturated heterocycles. The van der Waals surface area contributed by atoms with Crippen LogP contribution in [0.15, 0.2) is 6.07 Å². The lowest BCUT2D eigenvalue weighted by molar-refractivity contribution is 0.288. The van der Waals surface area contributed by atoms with Gasteiger partial charge in [-0.15, -0.1) is 0 Å². The lowest BCUT2D eigenvalue weighted by Crippen LogP contribution is -1.88. The maximum Gasteiger partial charge on any atom is 0.0625 e. The Bertz CT molecular complexity index is 195. The SMILES string of the molecule is Cc1cc(CCCO)n[nH]1. The monoisotopic (exact) mass is 140 g/mol. The first-order valence-corrected chi connectivity index (χ1v) is 3.44. The normalized spacial score (nSPS) is 10.2. The first kappa shape index (κ1) is 7.28. The van der Waals surface area contributed by atoms with E-state index < -0.39 is 0 Å². The molecule has 1 heterocycles. The highest BCUT2D eigenvalue weighted by molar-refractivity contribution is 5.06. The number of aromatic amines is 1. The summed E-state index contributed by atoms with van der Waals surface area (Å²) >= 11 is 0. The molecule has 3 heteroatoms. The summed E-state index contributed by atoms with van der Waals surface area (Å²) in [6.45, 7) is 2.21. The van der Waals surface area contributed by atoms with Crippen LogP contribution in [0.2, 0.25) is 0 Å². The minimum Gasteiger partial charge on any atom is -0.396 e. The van der Waals surface area contributed by atoms with E-state index in [4.69, 9.17) is 5.11 Å². The van der Waals surface area contributed by atoms with E-state index in [1.807, 2.05) is 13.0 Å². The van der Waals surface area contributed by atoms with Crippen LogP contribution in [0, 0.1) is 6.92 Å². The van der Waals surface area contributed by atoms with Crippen molar-refractivity contribution in [2.75, 3.05) is 6.61 Å². The molecule has 0 spiro atoms. The number of hydrogen-bond donors (Lipinski definition) is 2. The molecule has 0 saturated carbocycles. The predicted molar refractivity (Wildman–Crippen MR) is 38.7 cm³/mol. The lowest BCUT2D eigenvalue weighted by atomic mass is 10.2. The van der Waals surface area contributed by atoms with E-state index in [1.165, 1.54) is 0 Å². The Morgan fingerprint density at radius 3 is 3.00 bits per heavy atom. The Kier molecular flexibility index (Phi) is 2.45. The van der Waals surface area contributed by atoms with Crippen molar-refractivity contribution in [2.45, 2.75) is 19.8 Å². The summed E-state index contributed by atoms with van der Waals surface area (Å²) in [5.41, 5.74) is 2.11. The van der Waals surface area contributed by atoms with E-state index in [0.29, 0.717) is 0 Å². The highest BCUT2D eigenvalue weighted by Gasteiger charge is 1.95. The van der Waals surface area contributed by atoms with Gasteiger partial charge in [0.05, 0.1) is 5.69 Å². The van der Waals surface area contributed by atoms with Gasteiger partial charge in [0.1, 0.15) is 0 Å². The maximum atomic E-state index is 8.50. The van der Waals surface area contributed by atoms with Crippen molar-refractivity contribution >= 4 is 0 Å². The summed E-state index contributed by atoms with van der Waals surface area (Å²) in [6, 6.07) is 2.00. The van der Waals surface area contributed by atoms with Crippen LogP contribution < -0.4 is 0 Å². The highest BCUT2D eigenvalue weighted by Crippen LogP contribution is 1.99. The van der Waals surface area contributed by atoms with E-state index in [-0.39, 0.29) is 6.61 Å². The van der Waals surface area contributed by atoms with Crippen LogP contribution in [0.3, 0.4) is 0 Å². The largest absolute Gasteiger partial charge is 0.396 e.